The van der Waals surface area contributed by atoms with E-state index in [1.165, 1.54) is 26.5 Å². The van der Waals surface area contributed by atoms with Crippen LogP contribution in [0.15, 0.2) is 18.3 Å². The molecule has 88 valence electrons. The topological polar surface area (TPSA) is 68.7 Å². The SMILES string of the molecule is COC(=O)C(C)(Cc1ccc(O)cn1)OC. The zero-order valence-electron chi connectivity index (χ0n) is 9.56. The van der Waals surface area contributed by atoms with Crippen LogP contribution in [0.4, 0.5) is 0 Å². The molecule has 1 heterocycles. The first-order chi connectivity index (χ1) is 7.51. The largest absolute Gasteiger partial charge is 0.506 e. The summed E-state index contributed by atoms with van der Waals surface area (Å²) >= 11 is 0. The van der Waals surface area contributed by atoms with Crippen LogP contribution in [0, 0.1) is 0 Å². The second kappa shape index (κ2) is 4.94. The highest BCUT2D eigenvalue weighted by molar-refractivity contribution is 5.79. The number of ether oxygens (including phenoxy) is 2. The van der Waals surface area contributed by atoms with Gasteiger partial charge in [-0.2, -0.15) is 0 Å². The molecule has 0 fully saturated rings. The van der Waals surface area contributed by atoms with E-state index in [-0.39, 0.29) is 12.2 Å². The molecule has 1 atom stereocenters. The lowest BCUT2D eigenvalue weighted by atomic mass is 9.99. The number of aromatic nitrogens is 1. The van der Waals surface area contributed by atoms with Gasteiger partial charge in [-0.3, -0.25) is 4.98 Å². The molecule has 0 aromatic carbocycles. The van der Waals surface area contributed by atoms with Crippen LogP contribution in [0.3, 0.4) is 0 Å². The number of aromatic hydroxyl groups is 1. The summed E-state index contributed by atoms with van der Waals surface area (Å²) in [5, 5.41) is 9.08. The summed E-state index contributed by atoms with van der Waals surface area (Å²) in [7, 11) is 2.75. The highest BCUT2D eigenvalue weighted by Crippen LogP contribution is 2.18. The summed E-state index contributed by atoms with van der Waals surface area (Å²) in [5.41, 5.74) is -0.411. The van der Waals surface area contributed by atoms with Crippen molar-refractivity contribution in [1.82, 2.24) is 4.98 Å². The Bertz CT molecular complexity index is 363. The third-order valence-corrected chi connectivity index (χ3v) is 2.40. The van der Waals surface area contributed by atoms with Gasteiger partial charge in [-0.05, 0) is 19.1 Å². The van der Waals surface area contributed by atoms with Gasteiger partial charge in [0.25, 0.3) is 0 Å². The summed E-state index contributed by atoms with van der Waals surface area (Å²) in [5.74, 6) is -0.370. The van der Waals surface area contributed by atoms with Gasteiger partial charge in [-0.1, -0.05) is 0 Å². The number of rotatable bonds is 4. The van der Waals surface area contributed by atoms with Crippen LogP contribution < -0.4 is 0 Å². The average Bonchev–Trinajstić information content (AvgIpc) is 2.31. The second-order valence-corrected chi connectivity index (χ2v) is 3.61. The molecule has 0 saturated heterocycles. The maximum atomic E-state index is 11.5. The van der Waals surface area contributed by atoms with Gasteiger partial charge in [-0.15, -0.1) is 0 Å². The summed E-state index contributed by atoms with van der Waals surface area (Å²) in [6.07, 6.45) is 1.61. The number of hydrogen-bond donors (Lipinski definition) is 1. The molecule has 0 aliphatic heterocycles. The van der Waals surface area contributed by atoms with E-state index in [1.54, 1.807) is 13.0 Å². The van der Waals surface area contributed by atoms with Crippen LogP contribution in [0.1, 0.15) is 12.6 Å². The van der Waals surface area contributed by atoms with Crippen LogP contribution in [-0.4, -0.2) is 35.9 Å². The number of nitrogens with zero attached hydrogens (tertiary/aromatic N) is 1. The highest BCUT2D eigenvalue weighted by Gasteiger charge is 2.35. The third kappa shape index (κ3) is 2.70. The van der Waals surface area contributed by atoms with E-state index in [0.717, 1.165) is 0 Å². The molecule has 1 unspecified atom stereocenters. The van der Waals surface area contributed by atoms with Crippen molar-refractivity contribution in [1.29, 1.82) is 0 Å². The molecule has 0 spiro atoms. The van der Waals surface area contributed by atoms with Crippen molar-refractivity contribution in [3.05, 3.63) is 24.0 Å². The smallest absolute Gasteiger partial charge is 0.338 e. The van der Waals surface area contributed by atoms with Gasteiger partial charge < -0.3 is 14.6 Å². The van der Waals surface area contributed by atoms with E-state index in [2.05, 4.69) is 9.72 Å². The zero-order chi connectivity index (χ0) is 12.2. The van der Waals surface area contributed by atoms with Gasteiger partial charge in [-0.25, -0.2) is 4.79 Å². The van der Waals surface area contributed by atoms with Crippen molar-refractivity contribution < 1.29 is 19.4 Å². The van der Waals surface area contributed by atoms with Crippen molar-refractivity contribution in [2.45, 2.75) is 18.9 Å². The first kappa shape index (κ1) is 12.4. The molecule has 0 amide bonds. The predicted octanol–water partition coefficient (Wildman–Crippen LogP) is 0.908. The van der Waals surface area contributed by atoms with Crippen LogP contribution in [-0.2, 0) is 20.7 Å². The lowest BCUT2D eigenvalue weighted by molar-refractivity contribution is -0.163. The Morgan fingerprint density at radius 1 is 1.50 bits per heavy atom. The van der Waals surface area contributed by atoms with Crippen LogP contribution in [0.25, 0.3) is 0 Å². The van der Waals surface area contributed by atoms with Gasteiger partial charge in [0, 0.05) is 19.2 Å². The molecule has 16 heavy (non-hydrogen) atoms. The van der Waals surface area contributed by atoms with Gasteiger partial charge in [0.2, 0.25) is 0 Å². The van der Waals surface area contributed by atoms with Crippen molar-refractivity contribution in [2.24, 2.45) is 0 Å². The molecule has 0 bridgehead atoms. The molecule has 5 nitrogen and oxygen atoms in total. The first-order valence-electron chi connectivity index (χ1n) is 4.79. The molecule has 5 heteroatoms. The fourth-order valence-electron chi connectivity index (χ4n) is 1.31. The Hall–Kier alpha value is -1.62. The number of carbonyl (C=O) groups excluding carboxylic acids is 1. The van der Waals surface area contributed by atoms with Gasteiger partial charge in [0.05, 0.1) is 13.3 Å². The molecule has 0 aliphatic rings. The number of esters is 1. The number of hydrogen-bond acceptors (Lipinski definition) is 5. The minimum absolute atomic E-state index is 0.0842. The number of methoxy groups -OCH3 is 2. The molecule has 0 saturated carbocycles. The Kier molecular flexibility index (Phi) is 3.84. The fourth-order valence-corrected chi connectivity index (χ4v) is 1.31. The van der Waals surface area contributed by atoms with Crippen LogP contribution in [0.5, 0.6) is 5.75 Å². The molecule has 0 aliphatic carbocycles. The molecular formula is C11H15NO4. The molecule has 1 rings (SSSR count). The molecular weight excluding hydrogens is 210 g/mol. The zero-order valence-corrected chi connectivity index (χ0v) is 9.56. The standard InChI is InChI=1S/C11H15NO4/c1-11(16-3,10(14)15-2)6-8-4-5-9(13)7-12-8/h4-5,7,13H,6H2,1-3H3. The summed E-state index contributed by atoms with van der Waals surface area (Å²) in [6, 6.07) is 3.14. The minimum atomic E-state index is -1.06. The quantitative estimate of drug-likeness (QED) is 0.771. The maximum absolute atomic E-state index is 11.5. The molecule has 0 radical (unpaired) electrons. The predicted molar refractivity (Wildman–Crippen MR) is 57.0 cm³/mol. The van der Waals surface area contributed by atoms with Gasteiger partial charge >= 0.3 is 5.97 Å². The van der Waals surface area contributed by atoms with E-state index in [9.17, 15) is 4.79 Å². The van der Waals surface area contributed by atoms with E-state index >= 15 is 0 Å². The monoisotopic (exact) mass is 225 g/mol. The summed E-state index contributed by atoms with van der Waals surface area (Å²) < 4.78 is 9.81. The van der Waals surface area contributed by atoms with Crippen molar-refractivity contribution in [2.75, 3.05) is 14.2 Å². The normalized spacial score (nSPS) is 14.2. The average molecular weight is 225 g/mol. The molecule has 1 N–H and O–H groups in total. The van der Waals surface area contributed by atoms with E-state index in [0.29, 0.717) is 5.69 Å². The van der Waals surface area contributed by atoms with Crippen LogP contribution in [0.2, 0.25) is 0 Å². The van der Waals surface area contributed by atoms with E-state index in [4.69, 9.17) is 9.84 Å². The second-order valence-electron chi connectivity index (χ2n) is 3.61. The van der Waals surface area contributed by atoms with E-state index in [1.807, 2.05) is 0 Å². The minimum Gasteiger partial charge on any atom is -0.506 e. The molecule has 1 aromatic rings. The third-order valence-electron chi connectivity index (χ3n) is 2.40. The Balaban J connectivity index is 2.84. The Morgan fingerprint density at radius 3 is 2.62 bits per heavy atom. The summed E-state index contributed by atoms with van der Waals surface area (Å²) in [6.45, 7) is 1.63. The van der Waals surface area contributed by atoms with Gasteiger partial charge in [0.1, 0.15) is 5.75 Å². The van der Waals surface area contributed by atoms with Crippen molar-refractivity contribution in [3.8, 4) is 5.75 Å². The van der Waals surface area contributed by atoms with Gasteiger partial charge in [0.15, 0.2) is 5.60 Å². The molecule has 1 aromatic heterocycles. The maximum Gasteiger partial charge on any atom is 0.338 e. The number of pyridine rings is 1. The fraction of sp³-hybridized carbons (Fsp3) is 0.455. The Morgan fingerprint density at radius 2 is 2.19 bits per heavy atom. The lowest BCUT2D eigenvalue weighted by Crippen LogP contribution is -2.40. The lowest BCUT2D eigenvalue weighted by Gasteiger charge is -2.24. The van der Waals surface area contributed by atoms with Crippen molar-refractivity contribution >= 4 is 5.97 Å². The Labute approximate surface area is 94.0 Å². The highest BCUT2D eigenvalue weighted by atomic mass is 16.6. The van der Waals surface area contributed by atoms with Crippen LogP contribution >= 0.6 is 0 Å². The first-order valence-corrected chi connectivity index (χ1v) is 4.79. The summed E-state index contributed by atoms with van der Waals surface area (Å²) in [4.78, 5) is 15.5. The van der Waals surface area contributed by atoms with Crippen molar-refractivity contribution in [3.63, 3.8) is 0 Å². The number of carbonyl (C=O) groups is 1. The van der Waals surface area contributed by atoms with E-state index < -0.39 is 11.6 Å².